The Labute approximate surface area is 104 Å². The molecule has 1 amide bonds. The lowest BCUT2D eigenvalue weighted by atomic mass is 10.1. The van der Waals surface area contributed by atoms with Crippen LogP contribution in [0, 0.1) is 0 Å². The number of nitrogens with two attached hydrogens (primary N) is 1. The van der Waals surface area contributed by atoms with Crippen LogP contribution in [0.15, 0.2) is 41.8 Å². The Morgan fingerprint density at radius 3 is 2.71 bits per heavy atom. The Morgan fingerprint density at radius 2 is 2.00 bits per heavy atom. The first kappa shape index (κ1) is 11.8. The highest BCUT2D eigenvalue weighted by molar-refractivity contribution is 7.10. The van der Waals surface area contributed by atoms with Crippen LogP contribution in [0.25, 0.3) is 11.1 Å². The molecule has 2 aromatic rings. The van der Waals surface area contributed by atoms with Crippen LogP contribution in [0.2, 0.25) is 0 Å². The van der Waals surface area contributed by atoms with Crippen molar-refractivity contribution < 1.29 is 4.79 Å². The van der Waals surface area contributed by atoms with Crippen LogP contribution in [0.3, 0.4) is 0 Å². The van der Waals surface area contributed by atoms with Gasteiger partial charge in [0.2, 0.25) is 5.91 Å². The number of amides is 1. The van der Waals surface area contributed by atoms with Gasteiger partial charge in [0.05, 0.1) is 6.54 Å². The van der Waals surface area contributed by atoms with Gasteiger partial charge in [-0.2, -0.15) is 0 Å². The van der Waals surface area contributed by atoms with Crippen molar-refractivity contribution in [1.82, 2.24) is 5.32 Å². The SMILES string of the molecule is NC(=O)CNCc1cc(-c2ccccc2)cs1. The molecule has 0 aliphatic heterocycles. The van der Waals surface area contributed by atoms with Gasteiger partial charge in [0.25, 0.3) is 0 Å². The van der Waals surface area contributed by atoms with Crippen LogP contribution >= 0.6 is 11.3 Å². The predicted octanol–water partition coefficient (Wildman–Crippen LogP) is 1.99. The Bertz CT molecular complexity index is 493. The van der Waals surface area contributed by atoms with Crippen molar-refractivity contribution >= 4 is 17.2 Å². The van der Waals surface area contributed by atoms with Crippen molar-refractivity contribution in [3.63, 3.8) is 0 Å². The number of benzene rings is 1. The van der Waals surface area contributed by atoms with E-state index in [9.17, 15) is 4.79 Å². The summed E-state index contributed by atoms with van der Waals surface area (Å²) in [5.41, 5.74) is 7.48. The molecule has 0 radical (unpaired) electrons. The summed E-state index contributed by atoms with van der Waals surface area (Å²) in [5, 5.41) is 5.12. The molecular weight excluding hydrogens is 232 g/mol. The minimum absolute atomic E-state index is 0.221. The highest BCUT2D eigenvalue weighted by Gasteiger charge is 2.02. The molecule has 0 atom stereocenters. The molecule has 1 aromatic heterocycles. The van der Waals surface area contributed by atoms with Crippen LogP contribution in [0.4, 0.5) is 0 Å². The zero-order valence-electron chi connectivity index (χ0n) is 9.35. The highest BCUT2D eigenvalue weighted by atomic mass is 32.1. The first-order valence-electron chi connectivity index (χ1n) is 5.37. The number of carbonyl (C=O) groups is 1. The van der Waals surface area contributed by atoms with Crippen molar-refractivity contribution in [2.75, 3.05) is 6.54 Å². The second kappa shape index (κ2) is 5.61. The van der Waals surface area contributed by atoms with E-state index in [1.54, 1.807) is 11.3 Å². The summed E-state index contributed by atoms with van der Waals surface area (Å²) in [4.78, 5) is 11.8. The first-order valence-corrected chi connectivity index (χ1v) is 6.25. The van der Waals surface area contributed by atoms with Gasteiger partial charge in [0.15, 0.2) is 0 Å². The van der Waals surface area contributed by atoms with E-state index in [1.165, 1.54) is 16.0 Å². The van der Waals surface area contributed by atoms with E-state index >= 15 is 0 Å². The van der Waals surface area contributed by atoms with Crippen LogP contribution < -0.4 is 11.1 Å². The number of rotatable bonds is 5. The second-order valence-corrected chi connectivity index (χ2v) is 4.73. The topological polar surface area (TPSA) is 55.1 Å². The van der Waals surface area contributed by atoms with E-state index in [1.807, 2.05) is 18.2 Å². The number of hydrogen-bond donors (Lipinski definition) is 2. The lowest BCUT2D eigenvalue weighted by molar-refractivity contribution is -0.117. The van der Waals surface area contributed by atoms with Gasteiger partial charge in [0, 0.05) is 11.4 Å². The molecule has 17 heavy (non-hydrogen) atoms. The van der Waals surface area contributed by atoms with E-state index in [0.29, 0.717) is 6.54 Å². The van der Waals surface area contributed by atoms with E-state index in [2.05, 4.69) is 28.9 Å². The zero-order valence-corrected chi connectivity index (χ0v) is 10.2. The van der Waals surface area contributed by atoms with Gasteiger partial charge in [-0.25, -0.2) is 0 Å². The molecule has 2 rings (SSSR count). The number of primary amides is 1. The first-order chi connectivity index (χ1) is 8.25. The predicted molar refractivity (Wildman–Crippen MR) is 70.7 cm³/mol. The largest absolute Gasteiger partial charge is 0.369 e. The molecule has 1 heterocycles. The summed E-state index contributed by atoms with van der Waals surface area (Å²) >= 11 is 1.68. The van der Waals surface area contributed by atoms with Gasteiger partial charge in [0.1, 0.15) is 0 Å². The minimum Gasteiger partial charge on any atom is -0.369 e. The summed E-state index contributed by atoms with van der Waals surface area (Å²) in [6.45, 7) is 0.902. The average Bonchev–Trinajstić information content (AvgIpc) is 2.78. The molecule has 1 aromatic carbocycles. The Balaban J connectivity index is 1.99. The molecule has 0 aliphatic rings. The normalized spacial score (nSPS) is 10.4. The Kier molecular flexibility index (Phi) is 3.90. The molecule has 88 valence electrons. The quantitative estimate of drug-likeness (QED) is 0.847. The lowest BCUT2D eigenvalue weighted by Crippen LogP contribution is -2.27. The van der Waals surface area contributed by atoms with Gasteiger partial charge in [-0.15, -0.1) is 11.3 Å². The van der Waals surface area contributed by atoms with Crippen molar-refractivity contribution in [1.29, 1.82) is 0 Å². The molecule has 0 aliphatic carbocycles. The maximum Gasteiger partial charge on any atom is 0.231 e. The van der Waals surface area contributed by atoms with Crippen LogP contribution in [-0.4, -0.2) is 12.5 Å². The fourth-order valence-corrected chi connectivity index (χ4v) is 2.43. The monoisotopic (exact) mass is 246 g/mol. The van der Waals surface area contributed by atoms with Gasteiger partial charge < -0.3 is 11.1 Å². The summed E-state index contributed by atoms with van der Waals surface area (Å²) in [6.07, 6.45) is 0. The third-order valence-electron chi connectivity index (χ3n) is 2.36. The van der Waals surface area contributed by atoms with Crippen LogP contribution in [0.1, 0.15) is 4.88 Å². The molecule has 3 N–H and O–H groups in total. The molecular formula is C13H14N2OS. The molecule has 0 saturated carbocycles. The fourth-order valence-electron chi connectivity index (χ4n) is 1.56. The number of thiophene rings is 1. The van der Waals surface area contributed by atoms with E-state index in [0.717, 1.165) is 0 Å². The van der Waals surface area contributed by atoms with Gasteiger partial charge in [-0.1, -0.05) is 30.3 Å². The third kappa shape index (κ3) is 3.41. The van der Waals surface area contributed by atoms with Crippen molar-refractivity contribution in [2.24, 2.45) is 5.73 Å². The molecule has 0 unspecified atom stereocenters. The summed E-state index contributed by atoms with van der Waals surface area (Å²) in [7, 11) is 0. The van der Waals surface area contributed by atoms with E-state index in [-0.39, 0.29) is 12.5 Å². The smallest absolute Gasteiger partial charge is 0.231 e. The maximum atomic E-state index is 10.6. The van der Waals surface area contributed by atoms with Crippen LogP contribution in [0.5, 0.6) is 0 Å². The maximum absolute atomic E-state index is 10.6. The second-order valence-electron chi connectivity index (χ2n) is 3.74. The molecule has 3 nitrogen and oxygen atoms in total. The fraction of sp³-hybridized carbons (Fsp3) is 0.154. The lowest BCUT2D eigenvalue weighted by Gasteiger charge is -1.98. The van der Waals surface area contributed by atoms with Crippen molar-refractivity contribution in [3.8, 4) is 11.1 Å². The number of carbonyl (C=O) groups excluding carboxylic acids is 1. The van der Waals surface area contributed by atoms with E-state index < -0.39 is 0 Å². The average molecular weight is 246 g/mol. The zero-order chi connectivity index (χ0) is 12.1. The summed E-state index contributed by atoms with van der Waals surface area (Å²) < 4.78 is 0. The molecule has 4 heteroatoms. The highest BCUT2D eigenvalue weighted by Crippen LogP contribution is 2.25. The Morgan fingerprint density at radius 1 is 1.24 bits per heavy atom. The number of hydrogen-bond acceptors (Lipinski definition) is 3. The molecule has 0 bridgehead atoms. The van der Waals surface area contributed by atoms with Crippen molar-refractivity contribution in [2.45, 2.75) is 6.54 Å². The molecule has 0 fully saturated rings. The molecule has 0 spiro atoms. The number of nitrogens with one attached hydrogen (secondary N) is 1. The third-order valence-corrected chi connectivity index (χ3v) is 3.30. The van der Waals surface area contributed by atoms with Gasteiger partial charge >= 0.3 is 0 Å². The van der Waals surface area contributed by atoms with E-state index in [4.69, 9.17) is 5.73 Å². The van der Waals surface area contributed by atoms with Crippen molar-refractivity contribution in [3.05, 3.63) is 46.7 Å². The Hall–Kier alpha value is -1.65. The standard InChI is InChI=1S/C13H14N2OS/c14-13(16)8-15-7-12-6-11(9-17-12)10-4-2-1-3-5-10/h1-6,9,15H,7-8H2,(H2,14,16). The summed E-state index contributed by atoms with van der Waals surface area (Å²) in [5.74, 6) is -0.329. The summed E-state index contributed by atoms with van der Waals surface area (Å²) in [6, 6.07) is 12.4. The van der Waals surface area contributed by atoms with Gasteiger partial charge in [-0.05, 0) is 22.6 Å². The van der Waals surface area contributed by atoms with Crippen LogP contribution in [-0.2, 0) is 11.3 Å². The minimum atomic E-state index is -0.329. The molecule has 0 saturated heterocycles. The van der Waals surface area contributed by atoms with Gasteiger partial charge in [-0.3, -0.25) is 4.79 Å².